The van der Waals surface area contributed by atoms with Gasteiger partial charge in [0.25, 0.3) is 5.91 Å². The zero-order valence-electron chi connectivity index (χ0n) is 10.6. The van der Waals surface area contributed by atoms with Gasteiger partial charge in [0.05, 0.1) is 19.2 Å². The molecule has 2 aromatic carbocycles. The van der Waals surface area contributed by atoms with Crippen molar-refractivity contribution in [2.75, 3.05) is 7.11 Å². The van der Waals surface area contributed by atoms with E-state index >= 15 is 0 Å². The maximum atomic E-state index is 12.2. The normalized spacial score (nSPS) is 10.2. The summed E-state index contributed by atoms with van der Waals surface area (Å²) in [5.74, 6) is -0.424. The Morgan fingerprint density at radius 1 is 1.11 bits per heavy atom. The Bertz CT molecular complexity index is 554. The fraction of sp³-hybridized carbons (Fsp3) is 0.133. The SMILES string of the molecule is CON(Cc1ccccc1)C(=O)c1ccccc1O. The molecule has 4 nitrogen and oxygen atoms in total. The summed E-state index contributed by atoms with van der Waals surface area (Å²) in [6, 6.07) is 15.9. The van der Waals surface area contributed by atoms with Crippen LogP contribution in [0.1, 0.15) is 15.9 Å². The number of aromatic hydroxyl groups is 1. The molecule has 0 spiro atoms. The van der Waals surface area contributed by atoms with Crippen LogP contribution in [0.15, 0.2) is 54.6 Å². The summed E-state index contributed by atoms with van der Waals surface area (Å²) >= 11 is 0. The lowest BCUT2D eigenvalue weighted by Gasteiger charge is -2.20. The number of rotatable bonds is 4. The van der Waals surface area contributed by atoms with E-state index in [-0.39, 0.29) is 17.2 Å². The van der Waals surface area contributed by atoms with Gasteiger partial charge in [-0.15, -0.1) is 0 Å². The van der Waals surface area contributed by atoms with Crippen LogP contribution >= 0.6 is 0 Å². The highest BCUT2D eigenvalue weighted by molar-refractivity contribution is 5.96. The number of nitrogens with zero attached hydrogens (tertiary/aromatic N) is 1. The van der Waals surface area contributed by atoms with Gasteiger partial charge in [0, 0.05) is 0 Å². The van der Waals surface area contributed by atoms with E-state index in [2.05, 4.69) is 0 Å². The van der Waals surface area contributed by atoms with Crippen molar-refractivity contribution < 1.29 is 14.7 Å². The molecule has 4 heteroatoms. The zero-order valence-corrected chi connectivity index (χ0v) is 10.6. The Labute approximate surface area is 111 Å². The summed E-state index contributed by atoms with van der Waals surface area (Å²) in [5, 5.41) is 10.9. The Morgan fingerprint density at radius 2 is 1.74 bits per heavy atom. The van der Waals surface area contributed by atoms with E-state index < -0.39 is 0 Å². The lowest BCUT2D eigenvalue weighted by molar-refractivity contribution is -0.102. The molecular weight excluding hydrogens is 242 g/mol. The molecular formula is C15H15NO3. The fourth-order valence-corrected chi connectivity index (χ4v) is 1.76. The van der Waals surface area contributed by atoms with Gasteiger partial charge in [-0.1, -0.05) is 42.5 Å². The summed E-state index contributed by atoms with van der Waals surface area (Å²) < 4.78 is 0. The molecule has 0 saturated heterocycles. The third kappa shape index (κ3) is 3.11. The minimum atomic E-state index is -0.371. The number of carbonyl (C=O) groups is 1. The molecule has 19 heavy (non-hydrogen) atoms. The van der Waals surface area contributed by atoms with Gasteiger partial charge >= 0.3 is 0 Å². The number of carbonyl (C=O) groups excluding carboxylic acids is 1. The lowest BCUT2D eigenvalue weighted by Crippen LogP contribution is -2.29. The summed E-state index contributed by atoms with van der Waals surface area (Å²) in [5.41, 5.74) is 1.17. The van der Waals surface area contributed by atoms with E-state index in [1.165, 1.54) is 18.2 Å². The van der Waals surface area contributed by atoms with Crippen LogP contribution in [0.25, 0.3) is 0 Å². The number of hydrogen-bond donors (Lipinski definition) is 1. The second-order valence-electron chi connectivity index (χ2n) is 4.03. The van der Waals surface area contributed by atoms with Gasteiger partial charge in [-0.05, 0) is 17.7 Å². The van der Waals surface area contributed by atoms with E-state index in [4.69, 9.17) is 4.84 Å². The van der Waals surface area contributed by atoms with Gasteiger partial charge in [-0.2, -0.15) is 0 Å². The first-order valence-corrected chi connectivity index (χ1v) is 5.90. The van der Waals surface area contributed by atoms with Gasteiger partial charge in [0.1, 0.15) is 5.75 Å². The highest BCUT2D eigenvalue weighted by atomic mass is 16.7. The summed E-state index contributed by atoms with van der Waals surface area (Å²) in [6.07, 6.45) is 0. The molecule has 0 aliphatic carbocycles. The van der Waals surface area contributed by atoms with Crippen LogP contribution in [0, 0.1) is 0 Å². The molecule has 0 heterocycles. The highest BCUT2D eigenvalue weighted by Gasteiger charge is 2.18. The fourth-order valence-electron chi connectivity index (χ4n) is 1.76. The van der Waals surface area contributed by atoms with Crippen LogP contribution in [-0.2, 0) is 11.4 Å². The van der Waals surface area contributed by atoms with Crippen molar-refractivity contribution in [1.82, 2.24) is 5.06 Å². The molecule has 0 radical (unpaired) electrons. The van der Waals surface area contributed by atoms with E-state index in [0.29, 0.717) is 6.54 Å². The minimum absolute atomic E-state index is 0.0531. The van der Waals surface area contributed by atoms with Crippen molar-refractivity contribution in [3.05, 3.63) is 65.7 Å². The standard InChI is InChI=1S/C15H15NO3/c1-19-16(11-12-7-3-2-4-8-12)15(18)13-9-5-6-10-14(13)17/h2-10,17H,11H2,1H3. The first-order chi connectivity index (χ1) is 9.22. The molecule has 0 fully saturated rings. The smallest absolute Gasteiger partial charge is 0.281 e. The predicted molar refractivity (Wildman–Crippen MR) is 71.4 cm³/mol. The molecule has 1 N–H and O–H groups in total. The molecule has 0 bridgehead atoms. The van der Waals surface area contributed by atoms with Crippen LogP contribution in [0.2, 0.25) is 0 Å². The second-order valence-corrected chi connectivity index (χ2v) is 4.03. The molecule has 0 atom stereocenters. The van der Waals surface area contributed by atoms with Crippen LogP contribution in [0.5, 0.6) is 5.75 Å². The second kappa shape index (κ2) is 6.02. The molecule has 2 rings (SSSR count). The number of para-hydroxylation sites is 1. The molecule has 0 aliphatic heterocycles. The van der Waals surface area contributed by atoms with Crippen molar-refractivity contribution >= 4 is 5.91 Å². The zero-order chi connectivity index (χ0) is 13.7. The van der Waals surface area contributed by atoms with Crippen molar-refractivity contribution in [3.8, 4) is 5.75 Å². The maximum Gasteiger partial charge on any atom is 0.281 e. The van der Waals surface area contributed by atoms with Crippen LogP contribution < -0.4 is 0 Å². The molecule has 0 unspecified atom stereocenters. The Kier molecular flexibility index (Phi) is 4.15. The van der Waals surface area contributed by atoms with Crippen LogP contribution in [0.4, 0.5) is 0 Å². The number of hydrogen-bond acceptors (Lipinski definition) is 3. The quantitative estimate of drug-likeness (QED) is 0.856. The predicted octanol–water partition coefficient (Wildman–Crippen LogP) is 2.60. The van der Waals surface area contributed by atoms with E-state index in [0.717, 1.165) is 5.56 Å². The van der Waals surface area contributed by atoms with Crippen molar-refractivity contribution in [3.63, 3.8) is 0 Å². The van der Waals surface area contributed by atoms with Crippen LogP contribution in [-0.4, -0.2) is 23.2 Å². The van der Waals surface area contributed by atoms with E-state index in [1.807, 2.05) is 30.3 Å². The van der Waals surface area contributed by atoms with E-state index in [1.54, 1.807) is 18.2 Å². The Balaban J connectivity index is 2.18. The molecule has 0 aromatic heterocycles. The average molecular weight is 257 g/mol. The van der Waals surface area contributed by atoms with Gasteiger partial charge in [0.2, 0.25) is 0 Å². The summed E-state index contributed by atoms with van der Waals surface area (Å²) in [7, 11) is 1.43. The van der Waals surface area contributed by atoms with Gasteiger partial charge in [-0.3, -0.25) is 9.63 Å². The third-order valence-corrected chi connectivity index (χ3v) is 2.75. The number of phenolic OH excluding ortho intramolecular Hbond substituents is 1. The number of phenols is 1. The summed E-state index contributed by atoms with van der Waals surface area (Å²) in [4.78, 5) is 17.3. The minimum Gasteiger partial charge on any atom is -0.507 e. The van der Waals surface area contributed by atoms with Gasteiger partial charge in [0.15, 0.2) is 0 Å². The first-order valence-electron chi connectivity index (χ1n) is 5.90. The number of amides is 1. The van der Waals surface area contributed by atoms with E-state index in [9.17, 15) is 9.90 Å². The third-order valence-electron chi connectivity index (χ3n) is 2.75. The van der Waals surface area contributed by atoms with Crippen molar-refractivity contribution in [2.45, 2.75) is 6.54 Å². The summed E-state index contributed by atoms with van der Waals surface area (Å²) in [6.45, 7) is 0.324. The number of hydroxylamine groups is 2. The maximum absolute atomic E-state index is 12.2. The Morgan fingerprint density at radius 3 is 2.37 bits per heavy atom. The lowest BCUT2D eigenvalue weighted by atomic mass is 10.1. The molecule has 98 valence electrons. The van der Waals surface area contributed by atoms with Crippen LogP contribution in [0.3, 0.4) is 0 Å². The highest BCUT2D eigenvalue weighted by Crippen LogP contribution is 2.19. The van der Waals surface area contributed by atoms with Crippen molar-refractivity contribution in [1.29, 1.82) is 0 Å². The molecule has 0 saturated carbocycles. The van der Waals surface area contributed by atoms with Gasteiger partial charge in [-0.25, -0.2) is 5.06 Å². The largest absolute Gasteiger partial charge is 0.507 e. The molecule has 2 aromatic rings. The van der Waals surface area contributed by atoms with Gasteiger partial charge < -0.3 is 5.11 Å². The monoisotopic (exact) mass is 257 g/mol. The first kappa shape index (κ1) is 13.1. The average Bonchev–Trinajstić information content (AvgIpc) is 2.46. The topological polar surface area (TPSA) is 49.8 Å². The molecule has 1 amide bonds. The Hall–Kier alpha value is -2.33. The van der Waals surface area contributed by atoms with Crippen molar-refractivity contribution in [2.24, 2.45) is 0 Å². The number of benzene rings is 2. The molecule has 0 aliphatic rings.